The van der Waals surface area contributed by atoms with Gasteiger partial charge in [-0.2, -0.15) is 0 Å². The average Bonchev–Trinajstić information content (AvgIpc) is 2.77. The largest absolute Gasteiger partial charge is 0.493 e. The lowest BCUT2D eigenvalue weighted by atomic mass is 10.2. The van der Waals surface area contributed by atoms with Crippen LogP contribution in [0.1, 0.15) is 19.8 Å². The van der Waals surface area contributed by atoms with Crippen LogP contribution in [0.25, 0.3) is 10.9 Å². The molecule has 0 unspecified atom stereocenters. The van der Waals surface area contributed by atoms with E-state index in [1.54, 1.807) is 0 Å². The molecule has 1 heterocycles. The van der Waals surface area contributed by atoms with Gasteiger partial charge >= 0.3 is 5.97 Å². The fraction of sp³-hybridized carbons (Fsp3) is 0.357. The number of carbonyl (C=O) groups is 1. The molecule has 0 fully saturated rings. The third-order valence-corrected chi connectivity index (χ3v) is 2.80. The Morgan fingerprint density at radius 2 is 2.22 bits per heavy atom. The van der Waals surface area contributed by atoms with E-state index in [9.17, 15) is 4.79 Å². The molecule has 0 aliphatic heterocycles. The Morgan fingerprint density at radius 3 is 2.94 bits per heavy atom. The predicted octanol–water partition coefficient (Wildman–Crippen LogP) is 2.90. The first-order valence-corrected chi connectivity index (χ1v) is 6.15. The van der Waals surface area contributed by atoms with Crippen LogP contribution in [0.3, 0.4) is 0 Å². The van der Waals surface area contributed by atoms with Crippen molar-refractivity contribution in [3.05, 3.63) is 30.5 Å². The Kier molecular flexibility index (Phi) is 3.87. The molecule has 2 aromatic rings. The maximum absolute atomic E-state index is 10.6. The maximum Gasteiger partial charge on any atom is 0.305 e. The molecule has 4 heteroatoms. The number of fused-ring (bicyclic) bond motifs is 1. The molecule has 2 rings (SSSR count). The van der Waals surface area contributed by atoms with Crippen molar-refractivity contribution >= 4 is 16.9 Å². The van der Waals surface area contributed by atoms with E-state index in [-0.39, 0.29) is 6.42 Å². The minimum atomic E-state index is -0.782. The van der Waals surface area contributed by atoms with Crippen molar-refractivity contribution in [2.24, 2.45) is 0 Å². The summed E-state index contributed by atoms with van der Waals surface area (Å²) in [6, 6.07) is 7.84. The van der Waals surface area contributed by atoms with E-state index in [2.05, 4.69) is 6.92 Å². The van der Waals surface area contributed by atoms with Gasteiger partial charge in [0, 0.05) is 18.1 Å². The molecule has 18 heavy (non-hydrogen) atoms. The van der Waals surface area contributed by atoms with Gasteiger partial charge in [-0.25, -0.2) is 0 Å². The van der Waals surface area contributed by atoms with Crippen molar-refractivity contribution in [2.75, 3.05) is 6.61 Å². The van der Waals surface area contributed by atoms with Crippen LogP contribution in [0.5, 0.6) is 5.75 Å². The van der Waals surface area contributed by atoms with Gasteiger partial charge in [0.1, 0.15) is 5.75 Å². The summed E-state index contributed by atoms with van der Waals surface area (Å²) in [5.74, 6) is 0.0821. The topological polar surface area (TPSA) is 51.5 Å². The van der Waals surface area contributed by atoms with Crippen molar-refractivity contribution in [3.8, 4) is 5.75 Å². The van der Waals surface area contributed by atoms with E-state index in [1.165, 1.54) is 0 Å². The number of carboxylic acid groups (broad SMARTS) is 1. The zero-order chi connectivity index (χ0) is 13.0. The SMILES string of the molecule is CCCOc1cccc2c1ccn2CCC(=O)O. The van der Waals surface area contributed by atoms with Gasteiger partial charge in [-0.05, 0) is 24.6 Å². The number of carboxylic acids is 1. The smallest absolute Gasteiger partial charge is 0.305 e. The van der Waals surface area contributed by atoms with Gasteiger partial charge in [-0.1, -0.05) is 13.0 Å². The monoisotopic (exact) mass is 247 g/mol. The van der Waals surface area contributed by atoms with Gasteiger partial charge in [0.2, 0.25) is 0 Å². The van der Waals surface area contributed by atoms with Crippen molar-refractivity contribution < 1.29 is 14.6 Å². The van der Waals surface area contributed by atoms with E-state index in [4.69, 9.17) is 9.84 Å². The number of nitrogens with zero attached hydrogens (tertiary/aromatic N) is 1. The zero-order valence-electron chi connectivity index (χ0n) is 10.4. The highest BCUT2D eigenvalue weighted by atomic mass is 16.5. The third kappa shape index (κ3) is 2.64. The summed E-state index contributed by atoms with van der Waals surface area (Å²) >= 11 is 0. The van der Waals surface area contributed by atoms with Gasteiger partial charge in [-0.3, -0.25) is 4.79 Å². The van der Waals surface area contributed by atoms with Gasteiger partial charge in [0.05, 0.1) is 18.5 Å². The molecule has 1 N–H and O–H groups in total. The Labute approximate surface area is 106 Å². The molecule has 1 aromatic heterocycles. The highest BCUT2D eigenvalue weighted by molar-refractivity contribution is 5.86. The number of rotatable bonds is 6. The molecule has 0 radical (unpaired) electrons. The summed E-state index contributed by atoms with van der Waals surface area (Å²) < 4.78 is 7.62. The van der Waals surface area contributed by atoms with Crippen molar-refractivity contribution in [3.63, 3.8) is 0 Å². The van der Waals surface area contributed by atoms with E-state index in [1.807, 2.05) is 35.0 Å². The first-order valence-electron chi connectivity index (χ1n) is 6.15. The van der Waals surface area contributed by atoms with Crippen LogP contribution in [0.4, 0.5) is 0 Å². The first-order chi connectivity index (χ1) is 8.72. The van der Waals surface area contributed by atoms with Crippen LogP contribution in [-0.4, -0.2) is 22.2 Å². The standard InChI is InChI=1S/C14H17NO3/c1-2-10-18-13-5-3-4-12-11(13)6-8-15(12)9-7-14(16)17/h3-6,8H,2,7,9-10H2,1H3,(H,16,17). The first kappa shape index (κ1) is 12.5. The number of hydrogen-bond acceptors (Lipinski definition) is 2. The molecule has 0 saturated carbocycles. The number of hydrogen-bond donors (Lipinski definition) is 1. The van der Waals surface area contributed by atoms with Gasteiger partial charge in [0.15, 0.2) is 0 Å². The lowest BCUT2D eigenvalue weighted by Gasteiger charge is -2.07. The van der Waals surface area contributed by atoms with E-state index >= 15 is 0 Å². The van der Waals surface area contributed by atoms with Crippen LogP contribution < -0.4 is 4.74 Å². The normalized spacial score (nSPS) is 10.7. The Balaban J connectivity index is 2.26. The summed E-state index contributed by atoms with van der Waals surface area (Å²) in [6.07, 6.45) is 3.01. The summed E-state index contributed by atoms with van der Waals surface area (Å²) in [4.78, 5) is 10.6. The molecular formula is C14H17NO3. The Morgan fingerprint density at radius 1 is 1.39 bits per heavy atom. The molecule has 0 spiro atoms. The summed E-state index contributed by atoms with van der Waals surface area (Å²) in [5, 5.41) is 9.76. The second-order valence-corrected chi connectivity index (χ2v) is 4.19. The van der Waals surface area contributed by atoms with Crippen molar-refractivity contribution in [1.82, 2.24) is 4.57 Å². The fourth-order valence-corrected chi connectivity index (χ4v) is 1.94. The van der Waals surface area contributed by atoms with Crippen LogP contribution in [0, 0.1) is 0 Å². The molecule has 0 atom stereocenters. The zero-order valence-corrected chi connectivity index (χ0v) is 10.4. The van der Waals surface area contributed by atoms with E-state index in [0.717, 1.165) is 23.1 Å². The molecule has 0 bridgehead atoms. The summed E-state index contributed by atoms with van der Waals surface area (Å²) in [5.41, 5.74) is 1.02. The predicted molar refractivity (Wildman–Crippen MR) is 70.0 cm³/mol. The van der Waals surface area contributed by atoms with Crippen LogP contribution in [0.15, 0.2) is 30.5 Å². The lowest BCUT2D eigenvalue weighted by molar-refractivity contribution is -0.137. The van der Waals surface area contributed by atoms with E-state index in [0.29, 0.717) is 13.2 Å². The highest BCUT2D eigenvalue weighted by Gasteiger charge is 2.07. The average molecular weight is 247 g/mol. The number of ether oxygens (including phenoxy) is 1. The number of aromatic nitrogens is 1. The molecule has 0 aliphatic carbocycles. The Bertz CT molecular complexity index is 545. The van der Waals surface area contributed by atoms with Crippen LogP contribution in [-0.2, 0) is 11.3 Å². The quantitative estimate of drug-likeness (QED) is 0.853. The molecule has 0 amide bonds. The molecule has 96 valence electrons. The molecular weight excluding hydrogens is 230 g/mol. The van der Waals surface area contributed by atoms with Crippen LogP contribution >= 0.6 is 0 Å². The third-order valence-electron chi connectivity index (χ3n) is 2.80. The van der Waals surface area contributed by atoms with Crippen molar-refractivity contribution in [1.29, 1.82) is 0 Å². The van der Waals surface area contributed by atoms with Gasteiger partial charge in [0.25, 0.3) is 0 Å². The number of aliphatic carboxylic acids is 1. The van der Waals surface area contributed by atoms with E-state index < -0.39 is 5.97 Å². The number of benzene rings is 1. The summed E-state index contributed by atoms with van der Waals surface area (Å²) in [6.45, 7) is 3.24. The second kappa shape index (κ2) is 5.58. The fourth-order valence-electron chi connectivity index (χ4n) is 1.94. The lowest BCUT2D eigenvalue weighted by Crippen LogP contribution is -2.03. The van der Waals surface area contributed by atoms with Gasteiger partial charge < -0.3 is 14.4 Å². The second-order valence-electron chi connectivity index (χ2n) is 4.19. The minimum absolute atomic E-state index is 0.129. The Hall–Kier alpha value is -1.97. The maximum atomic E-state index is 10.6. The molecule has 1 aromatic carbocycles. The minimum Gasteiger partial charge on any atom is -0.493 e. The van der Waals surface area contributed by atoms with Crippen molar-refractivity contribution in [2.45, 2.75) is 26.3 Å². The summed E-state index contributed by atoms with van der Waals surface area (Å²) in [7, 11) is 0. The molecule has 4 nitrogen and oxygen atoms in total. The van der Waals surface area contributed by atoms with Gasteiger partial charge in [-0.15, -0.1) is 0 Å². The van der Waals surface area contributed by atoms with Crippen LogP contribution in [0.2, 0.25) is 0 Å². The molecule has 0 saturated heterocycles. The highest BCUT2D eigenvalue weighted by Crippen LogP contribution is 2.26. The molecule has 0 aliphatic rings. The number of aryl methyl sites for hydroxylation is 1.